The van der Waals surface area contributed by atoms with Gasteiger partial charge in [-0.05, 0) is 6.92 Å². The molecule has 12 heavy (non-hydrogen) atoms. The Labute approximate surface area is 72.3 Å². The minimum absolute atomic E-state index is 0.0638. The number of carbonyl (C=O) groups excluding carboxylic acids is 2. The van der Waals surface area contributed by atoms with Crippen LogP contribution in [0.15, 0.2) is 37.0 Å². The zero-order valence-electron chi connectivity index (χ0n) is 7.17. The highest BCUT2D eigenvalue weighted by Gasteiger charge is 2.07. The van der Waals surface area contributed by atoms with Gasteiger partial charge >= 0.3 is 0 Å². The topological polar surface area (TPSA) is 34.1 Å². The van der Waals surface area contributed by atoms with E-state index in [0.717, 1.165) is 0 Å². The highest BCUT2D eigenvalue weighted by atomic mass is 16.1. The standard InChI is InChI=1S/C10H12O2/c1-4-6-9(5-2)10(12)7-8(3)11/h4-6H,1-2,7H2,3H3/b9-6+. The molecule has 0 saturated heterocycles. The lowest BCUT2D eigenvalue weighted by atomic mass is 10.1. The lowest BCUT2D eigenvalue weighted by Crippen LogP contribution is -2.05. The predicted molar refractivity (Wildman–Crippen MR) is 48.8 cm³/mol. The molecule has 0 N–H and O–H groups in total. The molecule has 0 atom stereocenters. The molecule has 0 unspecified atom stereocenters. The molecule has 0 rings (SSSR count). The zero-order valence-corrected chi connectivity index (χ0v) is 7.17. The van der Waals surface area contributed by atoms with E-state index in [2.05, 4.69) is 13.2 Å². The zero-order chi connectivity index (χ0) is 9.56. The average molecular weight is 164 g/mol. The van der Waals surface area contributed by atoms with Crippen molar-refractivity contribution in [1.29, 1.82) is 0 Å². The number of ketones is 2. The fourth-order valence-corrected chi connectivity index (χ4v) is 0.730. The fourth-order valence-electron chi connectivity index (χ4n) is 0.730. The monoisotopic (exact) mass is 164 g/mol. The van der Waals surface area contributed by atoms with Gasteiger partial charge < -0.3 is 0 Å². The maximum atomic E-state index is 11.2. The summed E-state index contributed by atoms with van der Waals surface area (Å²) in [6.07, 6.45) is 4.39. The van der Waals surface area contributed by atoms with E-state index >= 15 is 0 Å². The van der Waals surface area contributed by atoms with Gasteiger partial charge in [0.2, 0.25) is 0 Å². The highest BCUT2D eigenvalue weighted by Crippen LogP contribution is 2.02. The molecule has 0 aliphatic heterocycles. The first-order valence-electron chi connectivity index (χ1n) is 3.59. The van der Waals surface area contributed by atoms with E-state index in [1.807, 2.05) is 0 Å². The molecule has 2 nitrogen and oxygen atoms in total. The molecule has 0 aromatic heterocycles. The van der Waals surface area contributed by atoms with Crippen LogP contribution in [0.4, 0.5) is 0 Å². The van der Waals surface area contributed by atoms with Gasteiger partial charge in [0.15, 0.2) is 5.78 Å². The van der Waals surface area contributed by atoms with E-state index < -0.39 is 0 Å². The third-order valence-electron chi connectivity index (χ3n) is 1.25. The Hall–Kier alpha value is -1.44. The molecule has 0 saturated carbocycles. The molecular formula is C10H12O2. The van der Waals surface area contributed by atoms with Gasteiger partial charge in [-0.2, -0.15) is 0 Å². The summed E-state index contributed by atoms with van der Waals surface area (Å²) in [7, 11) is 0. The molecular weight excluding hydrogens is 152 g/mol. The molecule has 0 aromatic carbocycles. The van der Waals surface area contributed by atoms with Gasteiger partial charge in [0.05, 0.1) is 6.42 Å². The number of hydrogen-bond acceptors (Lipinski definition) is 2. The number of carbonyl (C=O) groups is 2. The Morgan fingerprint density at radius 1 is 1.33 bits per heavy atom. The largest absolute Gasteiger partial charge is 0.300 e. The number of allylic oxidation sites excluding steroid dienone is 4. The van der Waals surface area contributed by atoms with Crippen molar-refractivity contribution in [2.45, 2.75) is 13.3 Å². The van der Waals surface area contributed by atoms with E-state index in [-0.39, 0.29) is 18.0 Å². The van der Waals surface area contributed by atoms with Gasteiger partial charge in [-0.3, -0.25) is 9.59 Å². The van der Waals surface area contributed by atoms with Crippen LogP contribution in [0.5, 0.6) is 0 Å². The van der Waals surface area contributed by atoms with Crippen LogP contribution in [0.3, 0.4) is 0 Å². The molecule has 0 aliphatic rings. The van der Waals surface area contributed by atoms with Crippen molar-refractivity contribution in [2.24, 2.45) is 0 Å². The lowest BCUT2D eigenvalue weighted by molar-refractivity contribution is -0.123. The summed E-state index contributed by atoms with van der Waals surface area (Å²) in [4.78, 5) is 21.7. The van der Waals surface area contributed by atoms with Gasteiger partial charge in [-0.1, -0.05) is 31.4 Å². The van der Waals surface area contributed by atoms with Crippen molar-refractivity contribution in [3.05, 3.63) is 37.0 Å². The molecule has 0 fully saturated rings. The van der Waals surface area contributed by atoms with Crippen molar-refractivity contribution in [3.63, 3.8) is 0 Å². The van der Waals surface area contributed by atoms with Crippen molar-refractivity contribution in [2.75, 3.05) is 0 Å². The lowest BCUT2D eigenvalue weighted by Gasteiger charge is -1.96. The van der Waals surface area contributed by atoms with Crippen LogP contribution in [-0.4, -0.2) is 11.6 Å². The molecule has 0 heterocycles. The Balaban J connectivity index is 4.42. The normalized spacial score (nSPS) is 10.6. The van der Waals surface area contributed by atoms with Crippen molar-refractivity contribution >= 4 is 11.6 Å². The summed E-state index contributed by atoms with van der Waals surface area (Å²) in [6, 6.07) is 0. The highest BCUT2D eigenvalue weighted by molar-refractivity contribution is 6.08. The summed E-state index contributed by atoms with van der Waals surface area (Å²) >= 11 is 0. The van der Waals surface area contributed by atoms with Crippen LogP contribution >= 0.6 is 0 Å². The van der Waals surface area contributed by atoms with Crippen LogP contribution in [-0.2, 0) is 9.59 Å². The molecule has 0 amide bonds. The molecule has 0 radical (unpaired) electrons. The molecule has 0 aromatic rings. The average Bonchev–Trinajstić information content (AvgIpc) is 1.98. The van der Waals surface area contributed by atoms with Crippen LogP contribution < -0.4 is 0 Å². The van der Waals surface area contributed by atoms with E-state index in [4.69, 9.17) is 0 Å². The first kappa shape index (κ1) is 10.6. The Bertz CT molecular complexity index is 247. The summed E-state index contributed by atoms with van der Waals surface area (Å²) in [6.45, 7) is 8.29. The maximum absolute atomic E-state index is 11.2. The molecule has 2 heteroatoms. The third-order valence-corrected chi connectivity index (χ3v) is 1.25. The van der Waals surface area contributed by atoms with Crippen LogP contribution in [0.1, 0.15) is 13.3 Å². The molecule has 0 spiro atoms. The number of hydrogen-bond donors (Lipinski definition) is 0. The maximum Gasteiger partial charge on any atom is 0.170 e. The SMILES string of the molecule is C=C/C=C(\C=C)C(=O)CC(C)=O. The number of Topliss-reactive ketones (excluding diaryl/α,β-unsaturated/α-hetero) is 2. The van der Waals surface area contributed by atoms with Crippen LogP contribution in [0, 0.1) is 0 Å². The quantitative estimate of drug-likeness (QED) is 0.353. The summed E-state index contributed by atoms with van der Waals surface area (Å²) in [5.41, 5.74) is 0.431. The molecule has 64 valence electrons. The van der Waals surface area contributed by atoms with E-state index in [0.29, 0.717) is 5.57 Å². The Morgan fingerprint density at radius 2 is 1.92 bits per heavy atom. The van der Waals surface area contributed by atoms with Gasteiger partial charge in [-0.25, -0.2) is 0 Å². The van der Waals surface area contributed by atoms with Gasteiger partial charge in [-0.15, -0.1) is 0 Å². The van der Waals surface area contributed by atoms with E-state index in [1.165, 1.54) is 25.2 Å². The second-order valence-electron chi connectivity index (χ2n) is 2.36. The van der Waals surface area contributed by atoms with Crippen molar-refractivity contribution in [1.82, 2.24) is 0 Å². The molecule has 0 bridgehead atoms. The Kier molecular flexibility index (Phi) is 4.61. The van der Waals surface area contributed by atoms with Gasteiger partial charge in [0.1, 0.15) is 5.78 Å². The smallest absolute Gasteiger partial charge is 0.170 e. The van der Waals surface area contributed by atoms with E-state index in [1.54, 1.807) is 0 Å². The van der Waals surface area contributed by atoms with Crippen LogP contribution in [0.2, 0.25) is 0 Å². The third kappa shape index (κ3) is 3.66. The summed E-state index contributed by atoms with van der Waals surface area (Å²) in [5, 5.41) is 0. The van der Waals surface area contributed by atoms with E-state index in [9.17, 15) is 9.59 Å². The number of rotatable bonds is 5. The minimum Gasteiger partial charge on any atom is -0.300 e. The van der Waals surface area contributed by atoms with Crippen molar-refractivity contribution in [3.8, 4) is 0 Å². The van der Waals surface area contributed by atoms with Crippen molar-refractivity contribution < 1.29 is 9.59 Å². The summed E-state index contributed by atoms with van der Waals surface area (Å²) in [5.74, 6) is -0.353. The summed E-state index contributed by atoms with van der Waals surface area (Å²) < 4.78 is 0. The predicted octanol–water partition coefficient (Wildman–Crippen LogP) is 1.83. The van der Waals surface area contributed by atoms with Crippen LogP contribution in [0.25, 0.3) is 0 Å². The second-order valence-corrected chi connectivity index (χ2v) is 2.36. The van der Waals surface area contributed by atoms with Gasteiger partial charge in [0.25, 0.3) is 0 Å². The van der Waals surface area contributed by atoms with Gasteiger partial charge in [0, 0.05) is 5.57 Å². The Morgan fingerprint density at radius 3 is 2.25 bits per heavy atom. The first-order valence-corrected chi connectivity index (χ1v) is 3.59. The fraction of sp³-hybridized carbons (Fsp3) is 0.200. The first-order chi connectivity index (χ1) is 5.61. The molecule has 0 aliphatic carbocycles. The minimum atomic E-state index is -0.211. The second kappa shape index (κ2) is 5.24.